The maximum absolute atomic E-state index is 13.0. The number of hydrogen-bond acceptors (Lipinski definition) is 3. The van der Waals surface area contributed by atoms with Gasteiger partial charge in [-0.1, -0.05) is 19.3 Å². The Morgan fingerprint density at radius 2 is 1.92 bits per heavy atom. The molecule has 6 nitrogen and oxygen atoms in total. The van der Waals surface area contributed by atoms with Crippen LogP contribution < -0.4 is 5.32 Å². The molecule has 2 N–H and O–H groups in total. The first-order chi connectivity index (χ1) is 12.2. The number of carbonyl (C=O) groups excluding carboxylic acids is 2. The van der Waals surface area contributed by atoms with Crippen LogP contribution in [0.5, 0.6) is 0 Å². The standard InChI is InChI=1S/C19H28N4O2/c24-18(20-11-13-5-2-1-3-6-13)16-7-4-10-23(16)19(25)15-12-21-22-17(15)14-8-9-14/h12-14,16H,1-11H2,(H,20,24)(H,21,22)/t16-/m1/s1. The molecule has 2 amide bonds. The molecule has 4 rings (SSSR count). The van der Waals surface area contributed by atoms with Gasteiger partial charge in [-0.3, -0.25) is 14.7 Å². The van der Waals surface area contributed by atoms with E-state index in [0.717, 1.165) is 37.9 Å². The molecule has 1 atom stereocenters. The summed E-state index contributed by atoms with van der Waals surface area (Å²) in [5.41, 5.74) is 1.62. The van der Waals surface area contributed by atoms with Crippen molar-refractivity contribution >= 4 is 11.8 Å². The normalized spacial score (nSPS) is 24.5. The highest BCUT2D eigenvalue weighted by Gasteiger charge is 2.38. The lowest BCUT2D eigenvalue weighted by Crippen LogP contribution is -2.47. The Labute approximate surface area is 148 Å². The molecule has 1 aromatic rings. The third-order valence-corrected chi connectivity index (χ3v) is 5.99. The highest BCUT2D eigenvalue weighted by molar-refractivity contribution is 5.98. The number of amides is 2. The molecule has 0 aromatic carbocycles. The molecule has 3 aliphatic rings. The van der Waals surface area contributed by atoms with Gasteiger partial charge in [0, 0.05) is 19.0 Å². The van der Waals surface area contributed by atoms with Crippen molar-refractivity contribution in [2.75, 3.05) is 13.1 Å². The van der Waals surface area contributed by atoms with Crippen LogP contribution in [0.2, 0.25) is 0 Å². The van der Waals surface area contributed by atoms with Gasteiger partial charge in [-0.2, -0.15) is 5.10 Å². The molecule has 0 radical (unpaired) electrons. The first kappa shape index (κ1) is 16.6. The Hall–Kier alpha value is -1.85. The molecule has 25 heavy (non-hydrogen) atoms. The van der Waals surface area contributed by atoms with E-state index in [0.29, 0.717) is 23.9 Å². The predicted octanol–water partition coefficient (Wildman–Crippen LogP) is 2.59. The van der Waals surface area contributed by atoms with Crippen LogP contribution in [-0.4, -0.2) is 46.0 Å². The molecule has 1 aromatic heterocycles. The second-order valence-electron chi connectivity index (χ2n) is 7.88. The molecule has 0 bridgehead atoms. The molecule has 3 fully saturated rings. The maximum Gasteiger partial charge on any atom is 0.258 e. The Morgan fingerprint density at radius 3 is 2.68 bits per heavy atom. The number of nitrogens with one attached hydrogen (secondary N) is 2. The quantitative estimate of drug-likeness (QED) is 0.862. The zero-order chi connectivity index (χ0) is 17.2. The highest BCUT2D eigenvalue weighted by Crippen LogP contribution is 2.41. The first-order valence-corrected chi connectivity index (χ1v) is 9.86. The molecular formula is C19H28N4O2. The van der Waals surface area contributed by atoms with Crippen molar-refractivity contribution < 1.29 is 9.59 Å². The van der Waals surface area contributed by atoms with Crippen molar-refractivity contribution in [3.8, 4) is 0 Å². The molecule has 1 aliphatic heterocycles. The topological polar surface area (TPSA) is 78.1 Å². The summed E-state index contributed by atoms with van der Waals surface area (Å²) < 4.78 is 0. The van der Waals surface area contributed by atoms with E-state index < -0.39 is 0 Å². The van der Waals surface area contributed by atoms with Crippen molar-refractivity contribution in [2.24, 2.45) is 5.92 Å². The van der Waals surface area contributed by atoms with E-state index in [9.17, 15) is 9.59 Å². The van der Waals surface area contributed by atoms with E-state index in [1.165, 1.54) is 32.1 Å². The van der Waals surface area contributed by atoms with Gasteiger partial charge in [-0.05, 0) is 44.4 Å². The Kier molecular flexibility index (Phi) is 4.77. The molecule has 2 saturated carbocycles. The largest absolute Gasteiger partial charge is 0.354 e. The fraction of sp³-hybridized carbons (Fsp3) is 0.737. The molecule has 6 heteroatoms. The van der Waals surface area contributed by atoms with E-state index in [2.05, 4.69) is 15.5 Å². The van der Waals surface area contributed by atoms with Crippen LogP contribution in [0.3, 0.4) is 0 Å². The Morgan fingerprint density at radius 1 is 1.12 bits per heavy atom. The number of aromatic nitrogens is 2. The highest BCUT2D eigenvalue weighted by atomic mass is 16.2. The van der Waals surface area contributed by atoms with Crippen LogP contribution in [0.1, 0.15) is 79.8 Å². The average molecular weight is 344 g/mol. The van der Waals surface area contributed by atoms with Crippen LogP contribution in [0, 0.1) is 5.92 Å². The van der Waals surface area contributed by atoms with Crippen LogP contribution >= 0.6 is 0 Å². The van der Waals surface area contributed by atoms with E-state index >= 15 is 0 Å². The van der Waals surface area contributed by atoms with Gasteiger partial charge in [0.05, 0.1) is 17.5 Å². The Balaban J connectivity index is 1.38. The summed E-state index contributed by atoms with van der Waals surface area (Å²) in [6.07, 6.45) is 11.8. The summed E-state index contributed by atoms with van der Waals surface area (Å²) in [6.45, 7) is 1.42. The lowest BCUT2D eigenvalue weighted by molar-refractivity contribution is -0.125. The van der Waals surface area contributed by atoms with Crippen LogP contribution in [0.15, 0.2) is 6.20 Å². The van der Waals surface area contributed by atoms with Gasteiger partial charge in [0.1, 0.15) is 6.04 Å². The van der Waals surface area contributed by atoms with Gasteiger partial charge in [0.2, 0.25) is 5.91 Å². The number of H-pyrrole nitrogens is 1. The number of carbonyl (C=O) groups is 2. The van der Waals surface area contributed by atoms with E-state index in [1.54, 1.807) is 11.1 Å². The number of nitrogens with zero attached hydrogens (tertiary/aromatic N) is 2. The molecule has 1 saturated heterocycles. The third-order valence-electron chi connectivity index (χ3n) is 5.99. The summed E-state index contributed by atoms with van der Waals surface area (Å²) in [5.74, 6) is 1.04. The van der Waals surface area contributed by atoms with Crippen LogP contribution in [0.4, 0.5) is 0 Å². The predicted molar refractivity (Wildman–Crippen MR) is 94.2 cm³/mol. The van der Waals surface area contributed by atoms with E-state index in [-0.39, 0.29) is 17.9 Å². The fourth-order valence-corrected chi connectivity index (χ4v) is 4.34. The summed E-state index contributed by atoms with van der Waals surface area (Å²) in [7, 11) is 0. The molecule has 2 aliphatic carbocycles. The summed E-state index contributed by atoms with van der Waals surface area (Å²) in [4.78, 5) is 27.4. The lowest BCUT2D eigenvalue weighted by Gasteiger charge is -2.26. The maximum atomic E-state index is 13.0. The summed E-state index contributed by atoms with van der Waals surface area (Å²) in [6, 6.07) is -0.321. The van der Waals surface area contributed by atoms with Gasteiger partial charge in [0.15, 0.2) is 0 Å². The molecule has 2 heterocycles. The SMILES string of the molecule is O=C(NCC1CCCCC1)[C@H]1CCCN1C(=O)c1cn[nH]c1C1CC1. The smallest absolute Gasteiger partial charge is 0.258 e. The minimum Gasteiger partial charge on any atom is -0.354 e. The average Bonchev–Trinajstić information content (AvgIpc) is 3.17. The van der Waals surface area contributed by atoms with Crippen molar-refractivity contribution in [3.63, 3.8) is 0 Å². The summed E-state index contributed by atoms with van der Waals surface area (Å²) >= 11 is 0. The fourth-order valence-electron chi connectivity index (χ4n) is 4.34. The first-order valence-electron chi connectivity index (χ1n) is 9.86. The second-order valence-corrected chi connectivity index (χ2v) is 7.88. The monoisotopic (exact) mass is 344 g/mol. The van der Waals surface area contributed by atoms with Crippen molar-refractivity contribution in [3.05, 3.63) is 17.5 Å². The second kappa shape index (κ2) is 7.18. The van der Waals surface area contributed by atoms with E-state index in [4.69, 9.17) is 0 Å². The molecular weight excluding hydrogens is 316 g/mol. The van der Waals surface area contributed by atoms with Crippen LogP contribution in [-0.2, 0) is 4.79 Å². The third kappa shape index (κ3) is 3.58. The van der Waals surface area contributed by atoms with Crippen molar-refractivity contribution in [2.45, 2.75) is 69.7 Å². The Bertz CT molecular complexity index is 631. The number of rotatable bonds is 5. The van der Waals surface area contributed by atoms with Crippen molar-refractivity contribution in [1.82, 2.24) is 20.4 Å². The van der Waals surface area contributed by atoms with Gasteiger partial charge in [-0.15, -0.1) is 0 Å². The lowest BCUT2D eigenvalue weighted by atomic mass is 9.89. The zero-order valence-corrected chi connectivity index (χ0v) is 14.8. The van der Waals surface area contributed by atoms with Gasteiger partial charge < -0.3 is 10.2 Å². The number of aromatic amines is 1. The van der Waals surface area contributed by atoms with Crippen LogP contribution in [0.25, 0.3) is 0 Å². The number of likely N-dealkylation sites (tertiary alicyclic amines) is 1. The van der Waals surface area contributed by atoms with Gasteiger partial charge in [-0.25, -0.2) is 0 Å². The van der Waals surface area contributed by atoms with E-state index in [1.807, 2.05) is 0 Å². The molecule has 0 unspecified atom stereocenters. The van der Waals surface area contributed by atoms with Gasteiger partial charge in [0.25, 0.3) is 5.91 Å². The molecule has 136 valence electrons. The van der Waals surface area contributed by atoms with Gasteiger partial charge >= 0.3 is 0 Å². The number of hydrogen-bond donors (Lipinski definition) is 2. The minimum atomic E-state index is -0.321. The van der Waals surface area contributed by atoms with Crippen molar-refractivity contribution in [1.29, 1.82) is 0 Å². The summed E-state index contributed by atoms with van der Waals surface area (Å²) in [5, 5.41) is 10.2. The molecule has 0 spiro atoms. The zero-order valence-electron chi connectivity index (χ0n) is 14.8. The minimum absolute atomic E-state index is 0.0212.